The van der Waals surface area contributed by atoms with Crippen molar-refractivity contribution in [2.45, 2.75) is 19.1 Å². The molecule has 1 aliphatic rings. The Morgan fingerprint density at radius 3 is 2.66 bits per heavy atom. The maximum Gasteiger partial charge on any atom is 0.417 e. The Labute approximate surface area is 188 Å². The third-order valence-corrected chi connectivity index (χ3v) is 5.85. The Kier molecular flexibility index (Phi) is 6.50. The number of hydrogen-bond acceptors (Lipinski definition) is 5. The van der Waals surface area contributed by atoms with E-state index in [0.717, 1.165) is 44.9 Å². The van der Waals surface area contributed by atoms with Crippen LogP contribution < -0.4 is 14.8 Å². The van der Waals surface area contributed by atoms with Crippen LogP contribution in [0.2, 0.25) is 5.02 Å². The first-order valence-corrected chi connectivity index (χ1v) is 10.6. The second-order valence-electron chi connectivity index (χ2n) is 7.62. The molecule has 1 fully saturated rings. The fraction of sp³-hybridized carbons (Fsp3) is 0.409. The van der Waals surface area contributed by atoms with Crippen LogP contribution in [0.1, 0.15) is 17.7 Å². The summed E-state index contributed by atoms with van der Waals surface area (Å²) in [5.74, 6) is 1.13. The van der Waals surface area contributed by atoms with E-state index in [4.69, 9.17) is 21.1 Å². The number of hydrogen-bond donors (Lipinski definition) is 1. The van der Waals surface area contributed by atoms with Crippen LogP contribution in [0.5, 0.6) is 11.5 Å². The van der Waals surface area contributed by atoms with E-state index in [9.17, 15) is 13.2 Å². The van der Waals surface area contributed by atoms with E-state index in [1.807, 2.05) is 0 Å². The normalized spacial score (nSPS) is 15.7. The molecule has 3 aromatic rings. The lowest BCUT2D eigenvalue weighted by atomic mass is 10.1. The van der Waals surface area contributed by atoms with Crippen LogP contribution in [0.15, 0.2) is 30.5 Å². The fourth-order valence-electron chi connectivity index (χ4n) is 3.94. The van der Waals surface area contributed by atoms with Crippen molar-refractivity contribution in [3.63, 3.8) is 0 Å². The van der Waals surface area contributed by atoms with Crippen LogP contribution in [-0.2, 0) is 12.7 Å². The van der Waals surface area contributed by atoms with Gasteiger partial charge in [-0.15, -0.1) is 0 Å². The lowest BCUT2D eigenvalue weighted by Gasteiger charge is -2.20. The first kappa shape index (κ1) is 22.7. The molecule has 1 saturated heterocycles. The van der Waals surface area contributed by atoms with Crippen molar-refractivity contribution in [2.75, 3.05) is 40.4 Å². The predicted molar refractivity (Wildman–Crippen MR) is 117 cm³/mol. The number of methoxy groups -OCH3 is 2. The molecule has 172 valence electrons. The number of alkyl halides is 3. The quantitative estimate of drug-likeness (QED) is 0.598. The van der Waals surface area contributed by atoms with Crippen LogP contribution in [0, 0.1) is 0 Å². The number of rotatable bonds is 5. The van der Waals surface area contributed by atoms with Crippen molar-refractivity contribution in [2.24, 2.45) is 0 Å². The van der Waals surface area contributed by atoms with E-state index in [2.05, 4.69) is 15.2 Å². The van der Waals surface area contributed by atoms with E-state index in [1.54, 1.807) is 25.3 Å². The zero-order valence-corrected chi connectivity index (χ0v) is 18.6. The van der Waals surface area contributed by atoms with E-state index in [1.165, 1.54) is 11.5 Å². The Morgan fingerprint density at radius 1 is 1.12 bits per heavy atom. The molecule has 1 N–H and O–H groups in total. The minimum Gasteiger partial charge on any atom is -0.497 e. The highest BCUT2D eigenvalue weighted by Gasteiger charge is 2.33. The zero-order chi connectivity index (χ0) is 22.9. The van der Waals surface area contributed by atoms with Gasteiger partial charge >= 0.3 is 6.18 Å². The van der Waals surface area contributed by atoms with Gasteiger partial charge in [0.1, 0.15) is 11.5 Å². The largest absolute Gasteiger partial charge is 0.497 e. The SMILES string of the molecule is COc1ccc(OC)c(-c2nc3c(Cl)cc(C(F)(F)F)cn3c2CN2CCCNCC2)c1. The van der Waals surface area contributed by atoms with Gasteiger partial charge in [0.2, 0.25) is 0 Å². The summed E-state index contributed by atoms with van der Waals surface area (Å²) in [5, 5.41) is 3.28. The summed E-state index contributed by atoms with van der Waals surface area (Å²) in [5.41, 5.74) is 1.20. The Morgan fingerprint density at radius 2 is 1.94 bits per heavy atom. The van der Waals surface area contributed by atoms with Crippen LogP contribution in [0.25, 0.3) is 16.9 Å². The second kappa shape index (κ2) is 9.17. The minimum atomic E-state index is -4.53. The molecule has 1 aliphatic heterocycles. The average molecular weight is 469 g/mol. The highest BCUT2D eigenvalue weighted by Crippen LogP contribution is 2.39. The van der Waals surface area contributed by atoms with Gasteiger partial charge in [-0.25, -0.2) is 4.98 Å². The number of benzene rings is 1. The molecule has 1 aromatic carbocycles. The molecule has 2 aromatic heterocycles. The van der Waals surface area contributed by atoms with Crippen LogP contribution >= 0.6 is 11.6 Å². The Bertz CT molecular complexity index is 1110. The smallest absolute Gasteiger partial charge is 0.417 e. The van der Waals surface area contributed by atoms with E-state index in [-0.39, 0.29) is 10.7 Å². The second-order valence-corrected chi connectivity index (χ2v) is 8.03. The number of imidazole rings is 1. The molecule has 6 nitrogen and oxygen atoms in total. The molecule has 0 amide bonds. The first-order valence-electron chi connectivity index (χ1n) is 10.2. The van der Waals surface area contributed by atoms with Crippen molar-refractivity contribution in [3.8, 4) is 22.8 Å². The number of ether oxygens (including phenoxy) is 2. The summed E-state index contributed by atoms with van der Waals surface area (Å²) in [6.45, 7) is 3.72. The highest BCUT2D eigenvalue weighted by atomic mass is 35.5. The number of aromatic nitrogens is 2. The monoisotopic (exact) mass is 468 g/mol. The predicted octanol–water partition coefficient (Wildman–Crippen LogP) is 4.49. The summed E-state index contributed by atoms with van der Waals surface area (Å²) in [4.78, 5) is 6.87. The summed E-state index contributed by atoms with van der Waals surface area (Å²) in [6, 6.07) is 6.19. The molecular formula is C22H24ClF3N4O2. The van der Waals surface area contributed by atoms with Gasteiger partial charge in [-0.05, 0) is 43.8 Å². The van der Waals surface area contributed by atoms with Gasteiger partial charge in [0.15, 0.2) is 5.65 Å². The first-order chi connectivity index (χ1) is 15.3. The van der Waals surface area contributed by atoms with Gasteiger partial charge in [-0.3, -0.25) is 4.90 Å². The van der Waals surface area contributed by atoms with Gasteiger partial charge < -0.3 is 19.2 Å². The minimum absolute atomic E-state index is 0.0632. The van der Waals surface area contributed by atoms with Crippen LogP contribution in [0.4, 0.5) is 13.2 Å². The maximum atomic E-state index is 13.5. The van der Waals surface area contributed by atoms with Crippen LogP contribution in [-0.4, -0.2) is 54.7 Å². The van der Waals surface area contributed by atoms with Crippen molar-refractivity contribution in [3.05, 3.63) is 46.7 Å². The fourth-order valence-corrected chi connectivity index (χ4v) is 4.19. The molecular weight excluding hydrogens is 445 g/mol. The van der Waals surface area contributed by atoms with Gasteiger partial charge in [-0.2, -0.15) is 13.2 Å². The van der Waals surface area contributed by atoms with E-state index < -0.39 is 11.7 Å². The van der Waals surface area contributed by atoms with Crippen molar-refractivity contribution in [1.29, 1.82) is 0 Å². The molecule has 0 atom stereocenters. The molecule has 0 aliphatic carbocycles. The number of nitrogens with one attached hydrogen (secondary N) is 1. The molecule has 10 heteroatoms. The third-order valence-electron chi connectivity index (χ3n) is 5.57. The maximum absolute atomic E-state index is 13.5. The summed E-state index contributed by atoms with van der Waals surface area (Å²) in [7, 11) is 3.09. The van der Waals surface area contributed by atoms with Gasteiger partial charge in [0, 0.05) is 31.4 Å². The summed E-state index contributed by atoms with van der Waals surface area (Å²) in [6.07, 6.45) is -2.52. The van der Waals surface area contributed by atoms with Crippen molar-refractivity contribution in [1.82, 2.24) is 19.6 Å². The number of nitrogens with zero attached hydrogens (tertiary/aromatic N) is 3. The molecule has 3 heterocycles. The topological polar surface area (TPSA) is 51.0 Å². The lowest BCUT2D eigenvalue weighted by Crippen LogP contribution is -2.28. The average Bonchev–Trinajstić information content (AvgIpc) is 2.93. The number of halogens is 4. The molecule has 0 unspecified atom stereocenters. The third kappa shape index (κ3) is 4.51. The number of fused-ring (bicyclic) bond motifs is 1. The molecule has 32 heavy (non-hydrogen) atoms. The van der Waals surface area contributed by atoms with Gasteiger partial charge in [0.25, 0.3) is 0 Å². The standard InChI is InChI=1S/C22H24ClF3N4O2/c1-31-15-4-5-19(32-2)16(11-15)20-18(13-29-8-3-6-27-7-9-29)30-12-14(22(24,25)26)10-17(23)21(30)28-20/h4-5,10-12,27H,3,6-9,13H2,1-2H3. The van der Waals surface area contributed by atoms with E-state index >= 15 is 0 Å². The zero-order valence-electron chi connectivity index (χ0n) is 17.8. The summed E-state index contributed by atoms with van der Waals surface area (Å²) < 4.78 is 53.0. The van der Waals surface area contributed by atoms with Crippen molar-refractivity contribution < 1.29 is 22.6 Å². The molecule has 0 saturated carbocycles. The highest BCUT2D eigenvalue weighted by molar-refractivity contribution is 6.33. The van der Waals surface area contributed by atoms with E-state index in [0.29, 0.717) is 35.0 Å². The molecule has 0 radical (unpaired) electrons. The Hall–Kier alpha value is -2.49. The van der Waals surface area contributed by atoms with Gasteiger partial charge in [0.05, 0.1) is 36.2 Å². The molecule has 0 bridgehead atoms. The van der Waals surface area contributed by atoms with Gasteiger partial charge in [-0.1, -0.05) is 11.6 Å². The van der Waals surface area contributed by atoms with Crippen molar-refractivity contribution >= 4 is 17.2 Å². The molecule has 4 rings (SSSR count). The Balaban J connectivity index is 1.94. The number of pyridine rings is 1. The molecule has 0 spiro atoms. The lowest BCUT2D eigenvalue weighted by molar-refractivity contribution is -0.137. The summed E-state index contributed by atoms with van der Waals surface area (Å²) >= 11 is 6.28. The van der Waals surface area contributed by atoms with Crippen LogP contribution in [0.3, 0.4) is 0 Å².